The van der Waals surface area contributed by atoms with Gasteiger partial charge in [-0.05, 0) is 12.1 Å². The number of nitrogens with zero attached hydrogens (tertiary/aromatic N) is 3. The van der Waals surface area contributed by atoms with Crippen molar-refractivity contribution >= 4 is 17.8 Å². The van der Waals surface area contributed by atoms with Gasteiger partial charge in [-0.25, -0.2) is 19.7 Å². The molecule has 4 rings (SSSR count). The predicted molar refractivity (Wildman–Crippen MR) is 99.3 cm³/mol. The average Bonchev–Trinajstić information content (AvgIpc) is 3.17. The lowest BCUT2D eigenvalue weighted by Gasteiger charge is -2.18. The number of hydrogen-bond donors (Lipinski definition) is 1. The van der Waals surface area contributed by atoms with Crippen molar-refractivity contribution in [2.45, 2.75) is 33.1 Å². The van der Waals surface area contributed by atoms with Crippen molar-refractivity contribution in [2.24, 2.45) is 0 Å². The maximum absolute atomic E-state index is 11.7. The molecular weight excluding hydrogens is 348 g/mol. The maximum atomic E-state index is 11.7. The number of anilines is 1. The third-order valence-corrected chi connectivity index (χ3v) is 4.15. The van der Waals surface area contributed by atoms with Crippen molar-refractivity contribution in [1.82, 2.24) is 15.3 Å². The number of urea groups is 1. The van der Waals surface area contributed by atoms with Gasteiger partial charge in [-0.1, -0.05) is 33.8 Å². The van der Waals surface area contributed by atoms with Gasteiger partial charge in [0.1, 0.15) is 11.5 Å². The molecule has 3 heterocycles. The Morgan fingerprint density at radius 2 is 1.96 bits per heavy atom. The quantitative estimate of drug-likeness (QED) is 0.835. The highest BCUT2D eigenvalue weighted by molar-refractivity contribution is 6.19. The Morgan fingerprint density at radius 3 is 2.59 bits per heavy atom. The fraction of sp³-hybridized carbons (Fsp3) is 0.368. The first-order valence-electron chi connectivity index (χ1n) is 8.83. The van der Waals surface area contributed by atoms with Crippen LogP contribution in [-0.4, -0.2) is 35.1 Å². The van der Waals surface area contributed by atoms with Gasteiger partial charge in [-0.15, -0.1) is 0 Å². The summed E-state index contributed by atoms with van der Waals surface area (Å²) in [6.45, 7) is 8.71. The van der Waals surface area contributed by atoms with Gasteiger partial charge >= 0.3 is 6.03 Å². The molecule has 1 saturated heterocycles. The molecule has 0 aliphatic carbocycles. The highest BCUT2D eigenvalue weighted by Crippen LogP contribution is 2.45. The number of nitrogens with one attached hydrogen (secondary N) is 1. The van der Waals surface area contributed by atoms with E-state index in [-0.39, 0.29) is 29.6 Å². The lowest BCUT2D eigenvalue weighted by Crippen LogP contribution is -2.31. The van der Waals surface area contributed by atoms with E-state index in [0.29, 0.717) is 12.4 Å². The lowest BCUT2D eigenvalue weighted by atomic mass is 9.86. The minimum atomic E-state index is -0.507. The van der Waals surface area contributed by atoms with E-state index in [1.807, 2.05) is 32.0 Å². The van der Waals surface area contributed by atoms with Gasteiger partial charge in [-0.2, -0.15) is 0 Å². The van der Waals surface area contributed by atoms with Crippen LogP contribution in [0.1, 0.15) is 33.3 Å². The Balaban J connectivity index is 0.00000102. The molecular formula is C19H22N4O4. The summed E-state index contributed by atoms with van der Waals surface area (Å²) in [5, 5.41) is 2.43. The van der Waals surface area contributed by atoms with Crippen molar-refractivity contribution < 1.29 is 19.1 Å². The number of rotatable bonds is 3. The van der Waals surface area contributed by atoms with Crippen LogP contribution in [0, 0.1) is 0 Å². The Labute approximate surface area is 157 Å². The molecule has 142 valence electrons. The number of hydrogen-bond acceptors (Lipinski definition) is 6. The molecule has 0 unspecified atom stereocenters. The van der Waals surface area contributed by atoms with Crippen LogP contribution < -0.4 is 19.7 Å². The van der Waals surface area contributed by atoms with E-state index in [0.717, 1.165) is 16.2 Å². The fourth-order valence-electron chi connectivity index (χ4n) is 2.96. The smallest absolute Gasteiger partial charge is 0.330 e. The molecule has 1 N–H and O–H groups in total. The van der Waals surface area contributed by atoms with Crippen LogP contribution in [0.4, 0.5) is 10.6 Å². The molecule has 0 bridgehead atoms. The standard InChI is InChI=1S/C17H16N4O4.C2H6/c1-17(2)9-24-10-4-3-5-11(15(10)17)25-13-7-18-12(6-19-13)21-14(22)8-20-16(21)23;1-2/h3-7H,8-9H2,1-2H3,(H,20,23);1-2H3. The summed E-state index contributed by atoms with van der Waals surface area (Å²) in [5.41, 5.74) is 0.814. The monoisotopic (exact) mass is 370 g/mol. The minimum Gasteiger partial charge on any atom is -0.492 e. The summed E-state index contributed by atoms with van der Waals surface area (Å²) in [4.78, 5) is 32.6. The van der Waals surface area contributed by atoms with Crippen LogP contribution in [0.25, 0.3) is 0 Å². The van der Waals surface area contributed by atoms with Gasteiger partial charge in [-0.3, -0.25) is 4.79 Å². The number of carbonyl (C=O) groups excluding carboxylic acids is 2. The Hall–Kier alpha value is -3.16. The molecule has 0 atom stereocenters. The molecule has 3 amide bonds. The van der Waals surface area contributed by atoms with Crippen molar-refractivity contribution in [3.8, 4) is 17.4 Å². The molecule has 1 aromatic carbocycles. The zero-order chi connectivity index (χ0) is 19.6. The molecule has 27 heavy (non-hydrogen) atoms. The van der Waals surface area contributed by atoms with Crippen LogP contribution in [0.2, 0.25) is 0 Å². The van der Waals surface area contributed by atoms with Gasteiger partial charge in [0, 0.05) is 11.0 Å². The summed E-state index contributed by atoms with van der Waals surface area (Å²) >= 11 is 0. The molecule has 0 radical (unpaired) electrons. The summed E-state index contributed by atoms with van der Waals surface area (Å²) in [7, 11) is 0. The molecule has 1 aromatic heterocycles. The summed E-state index contributed by atoms with van der Waals surface area (Å²) in [6.07, 6.45) is 2.72. The van der Waals surface area contributed by atoms with Gasteiger partial charge in [0.25, 0.3) is 5.91 Å². The van der Waals surface area contributed by atoms with Crippen LogP contribution in [-0.2, 0) is 10.2 Å². The average molecular weight is 370 g/mol. The zero-order valence-electron chi connectivity index (χ0n) is 15.8. The van der Waals surface area contributed by atoms with E-state index in [9.17, 15) is 9.59 Å². The number of aromatic nitrogens is 2. The maximum Gasteiger partial charge on any atom is 0.330 e. The second-order valence-corrected chi connectivity index (χ2v) is 6.50. The summed E-state index contributed by atoms with van der Waals surface area (Å²) < 4.78 is 11.6. The van der Waals surface area contributed by atoms with E-state index in [4.69, 9.17) is 9.47 Å². The van der Waals surface area contributed by atoms with Crippen molar-refractivity contribution in [3.05, 3.63) is 36.2 Å². The molecule has 2 aliphatic rings. The first-order chi connectivity index (χ1) is 13.0. The Bertz CT molecular complexity index is 849. The number of carbonyl (C=O) groups is 2. The normalized spacial score (nSPS) is 16.8. The van der Waals surface area contributed by atoms with Crippen LogP contribution >= 0.6 is 0 Å². The second kappa shape index (κ2) is 7.22. The first-order valence-corrected chi connectivity index (χ1v) is 8.83. The van der Waals surface area contributed by atoms with Gasteiger partial charge in [0.15, 0.2) is 5.82 Å². The predicted octanol–water partition coefficient (Wildman–Crippen LogP) is 3.02. The molecule has 0 spiro atoms. The fourth-order valence-corrected chi connectivity index (χ4v) is 2.96. The number of benzene rings is 1. The van der Waals surface area contributed by atoms with E-state index < -0.39 is 6.03 Å². The number of imide groups is 1. The molecule has 8 nitrogen and oxygen atoms in total. The van der Waals surface area contributed by atoms with E-state index in [2.05, 4.69) is 29.1 Å². The molecule has 0 saturated carbocycles. The van der Waals surface area contributed by atoms with Crippen LogP contribution in [0.5, 0.6) is 17.4 Å². The molecule has 2 aliphatic heterocycles. The minimum absolute atomic E-state index is 0.0377. The lowest BCUT2D eigenvalue weighted by molar-refractivity contribution is -0.115. The van der Waals surface area contributed by atoms with Gasteiger partial charge in [0.05, 0.1) is 25.5 Å². The summed E-state index contributed by atoms with van der Waals surface area (Å²) in [5.74, 6) is 1.51. The van der Waals surface area contributed by atoms with E-state index in [1.165, 1.54) is 12.4 Å². The highest BCUT2D eigenvalue weighted by Gasteiger charge is 2.35. The van der Waals surface area contributed by atoms with E-state index in [1.54, 1.807) is 0 Å². The van der Waals surface area contributed by atoms with Crippen LogP contribution in [0.15, 0.2) is 30.6 Å². The SMILES string of the molecule is CC.CC1(C)COc2cccc(Oc3cnc(N4C(=O)CNC4=O)cn3)c21. The summed E-state index contributed by atoms with van der Waals surface area (Å²) in [6, 6.07) is 5.10. The third-order valence-electron chi connectivity index (χ3n) is 4.15. The topological polar surface area (TPSA) is 93.7 Å². The van der Waals surface area contributed by atoms with Gasteiger partial charge < -0.3 is 14.8 Å². The Morgan fingerprint density at radius 1 is 1.19 bits per heavy atom. The molecule has 1 fully saturated rings. The second-order valence-electron chi connectivity index (χ2n) is 6.50. The zero-order valence-corrected chi connectivity index (χ0v) is 15.8. The molecule has 8 heteroatoms. The molecule has 2 aromatic rings. The van der Waals surface area contributed by atoms with Crippen molar-refractivity contribution in [1.29, 1.82) is 0 Å². The van der Waals surface area contributed by atoms with Gasteiger partial charge in [0.2, 0.25) is 5.88 Å². The first kappa shape index (κ1) is 18.6. The largest absolute Gasteiger partial charge is 0.492 e. The van der Waals surface area contributed by atoms with Crippen molar-refractivity contribution in [3.63, 3.8) is 0 Å². The Kier molecular flexibility index (Phi) is 4.98. The number of amides is 3. The number of ether oxygens (including phenoxy) is 2. The third kappa shape index (κ3) is 3.42. The highest BCUT2D eigenvalue weighted by atomic mass is 16.5. The van der Waals surface area contributed by atoms with Crippen molar-refractivity contribution in [2.75, 3.05) is 18.1 Å². The van der Waals surface area contributed by atoms with E-state index >= 15 is 0 Å². The number of fused-ring (bicyclic) bond motifs is 1. The van der Waals surface area contributed by atoms with Crippen LogP contribution in [0.3, 0.4) is 0 Å².